The number of benzene rings is 1. The van der Waals surface area contributed by atoms with Crippen molar-refractivity contribution in [3.63, 3.8) is 0 Å². The van der Waals surface area contributed by atoms with E-state index >= 15 is 0 Å². The van der Waals surface area contributed by atoms with Crippen molar-refractivity contribution in [3.8, 4) is 17.2 Å². The maximum atomic E-state index is 6.52. The molecule has 2 unspecified atom stereocenters. The minimum Gasteiger partial charge on any atom is -0.496 e. The van der Waals surface area contributed by atoms with Crippen LogP contribution in [0.5, 0.6) is 17.2 Å². The van der Waals surface area contributed by atoms with Gasteiger partial charge in [0.25, 0.3) is 0 Å². The summed E-state index contributed by atoms with van der Waals surface area (Å²) in [5.41, 5.74) is 0.886. The van der Waals surface area contributed by atoms with Gasteiger partial charge in [-0.05, 0) is 5.92 Å². The zero-order valence-corrected chi connectivity index (χ0v) is 12.4. The van der Waals surface area contributed by atoms with Crippen LogP contribution in [0.2, 0.25) is 0 Å². The molecule has 0 N–H and O–H groups in total. The highest BCUT2D eigenvalue weighted by Crippen LogP contribution is 2.44. The Bertz CT molecular complexity index is 368. The van der Waals surface area contributed by atoms with Crippen molar-refractivity contribution in [3.05, 3.63) is 17.7 Å². The zero-order chi connectivity index (χ0) is 13.7. The fourth-order valence-electron chi connectivity index (χ4n) is 1.80. The van der Waals surface area contributed by atoms with E-state index in [1.54, 1.807) is 21.3 Å². The average Bonchev–Trinajstić information content (AvgIpc) is 2.43. The Balaban J connectivity index is 3.30. The second-order valence-electron chi connectivity index (χ2n) is 4.23. The van der Waals surface area contributed by atoms with Crippen LogP contribution in [0.25, 0.3) is 0 Å². The van der Waals surface area contributed by atoms with E-state index in [-0.39, 0.29) is 5.38 Å². The Hall–Kier alpha value is -1.09. The first kappa shape index (κ1) is 15.0. The first-order chi connectivity index (χ1) is 8.58. The highest BCUT2D eigenvalue weighted by molar-refractivity contribution is 6.21. The number of hydrogen-bond donors (Lipinski definition) is 0. The minimum absolute atomic E-state index is 0.147. The zero-order valence-electron chi connectivity index (χ0n) is 11.6. The minimum atomic E-state index is -0.147. The molecule has 0 fully saturated rings. The molecule has 1 aromatic rings. The van der Waals surface area contributed by atoms with Crippen LogP contribution in [0.15, 0.2) is 12.1 Å². The predicted octanol–water partition coefficient (Wildman–Crippen LogP) is 4.04. The van der Waals surface area contributed by atoms with Crippen LogP contribution in [-0.4, -0.2) is 21.3 Å². The standard InChI is InChI=1S/C14H21ClO3/c1-6-9(2)14(15)13-11(17-4)7-10(16-3)8-12(13)18-5/h7-9,14H,6H2,1-5H3. The van der Waals surface area contributed by atoms with Gasteiger partial charge in [0.05, 0.1) is 32.3 Å². The van der Waals surface area contributed by atoms with Gasteiger partial charge in [0.1, 0.15) is 17.2 Å². The summed E-state index contributed by atoms with van der Waals surface area (Å²) in [6.07, 6.45) is 0.993. The lowest BCUT2D eigenvalue weighted by Crippen LogP contribution is -2.07. The molecule has 0 amide bonds. The van der Waals surface area contributed by atoms with Gasteiger partial charge in [0, 0.05) is 12.1 Å². The third kappa shape index (κ3) is 3.02. The molecule has 0 aliphatic heterocycles. The summed E-state index contributed by atoms with van der Waals surface area (Å²) >= 11 is 6.52. The van der Waals surface area contributed by atoms with Crippen molar-refractivity contribution in [2.45, 2.75) is 25.6 Å². The van der Waals surface area contributed by atoms with E-state index in [0.717, 1.165) is 12.0 Å². The van der Waals surface area contributed by atoms with Crippen LogP contribution in [0.3, 0.4) is 0 Å². The predicted molar refractivity (Wildman–Crippen MR) is 74.1 cm³/mol. The van der Waals surface area contributed by atoms with Gasteiger partial charge < -0.3 is 14.2 Å². The fourth-order valence-corrected chi connectivity index (χ4v) is 2.19. The van der Waals surface area contributed by atoms with Gasteiger partial charge in [-0.15, -0.1) is 11.6 Å². The van der Waals surface area contributed by atoms with Crippen molar-refractivity contribution in [1.29, 1.82) is 0 Å². The molecule has 0 aromatic heterocycles. The lowest BCUT2D eigenvalue weighted by Gasteiger charge is -2.22. The van der Waals surface area contributed by atoms with Crippen molar-refractivity contribution in [2.75, 3.05) is 21.3 Å². The number of halogens is 1. The van der Waals surface area contributed by atoms with Gasteiger partial charge in [-0.25, -0.2) is 0 Å². The number of rotatable bonds is 6. The molecule has 2 atom stereocenters. The molecule has 0 spiro atoms. The molecule has 1 aromatic carbocycles. The molecule has 0 saturated heterocycles. The Labute approximate surface area is 114 Å². The maximum absolute atomic E-state index is 6.52. The van der Waals surface area contributed by atoms with E-state index in [2.05, 4.69) is 13.8 Å². The van der Waals surface area contributed by atoms with Crippen LogP contribution in [0.4, 0.5) is 0 Å². The summed E-state index contributed by atoms with van der Waals surface area (Å²) in [6, 6.07) is 3.66. The molecule has 102 valence electrons. The lowest BCUT2D eigenvalue weighted by molar-refractivity contribution is 0.362. The molecular weight excluding hydrogens is 252 g/mol. The van der Waals surface area contributed by atoms with Gasteiger partial charge in [-0.3, -0.25) is 0 Å². The molecule has 1 rings (SSSR count). The van der Waals surface area contributed by atoms with Crippen molar-refractivity contribution < 1.29 is 14.2 Å². The molecule has 4 heteroatoms. The summed E-state index contributed by atoms with van der Waals surface area (Å²) < 4.78 is 16.0. The number of alkyl halides is 1. The average molecular weight is 273 g/mol. The van der Waals surface area contributed by atoms with Gasteiger partial charge in [-0.1, -0.05) is 20.3 Å². The topological polar surface area (TPSA) is 27.7 Å². The molecule has 0 bridgehead atoms. The van der Waals surface area contributed by atoms with E-state index in [4.69, 9.17) is 25.8 Å². The van der Waals surface area contributed by atoms with Crippen LogP contribution in [0, 0.1) is 5.92 Å². The van der Waals surface area contributed by atoms with E-state index in [0.29, 0.717) is 23.2 Å². The van der Waals surface area contributed by atoms with Gasteiger partial charge in [0.2, 0.25) is 0 Å². The van der Waals surface area contributed by atoms with Crippen molar-refractivity contribution in [2.24, 2.45) is 5.92 Å². The maximum Gasteiger partial charge on any atom is 0.130 e. The number of hydrogen-bond acceptors (Lipinski definition) is 3. The van der Waals surface area contributed by atoms with E-state index in [9.17, 15) is 0 Å². The van der Waals surface area contributed by atoms with Crippen LogP contribution in [-0.2, 0) is 0 Å². The SMILES string of the molecule is CCC(C)C(Cl)c1c(OC)cc(OC)cc1OC. The Morgan fingerprint density at radius 1 is 1.06 bits per heavy atom. The third-order valence-electron chi connectivity index (χ3n) is 3.17. The van der Waals surface area contributed by atoms with Crippen molar-refractivity contribution >= 4 is 11.6 Å². The quantitative estimate of drug-likeness (QED) is 0.732. The van der Waals surface area contributed by atoms with E-state index in [1.807, 2.05) is 12.1 Å². The lowest BCUT2D eigenvalue weighted by atomic mass is 9.96. The molecule has 0 heterocycles. The van der Waals surface area contributed by atoms with Gasteiger partial charge in [0.15, 0.2) is 0 Å². The highest BCUT2D eigenvalue weighted by atomic mass is 35.5. The first-order valence-corrected chi connectivity index (χ1v) is 6.46. The van der Waals surface area contributed by atoms with Gasteiger partial charge >= 0.3 is 0 Å². The first-order valence-electron chi connectivity index (χ1n) is 6.02. The second kappa shape index (κ2) is 6.74. The largest absolute Gasteiger partial charge is 0.496 e. The molecule has 0 aliphatic rings. The number of methoxy groups -OCH3 is 3. The summed E-state index contributed by atoms with van der Waals surface area (Å²) in [5, 5.41) is -0.147. The highest BCUT2D eigenvalue weighted by Gasteiger charge is 2.24. The van der Waals surface area contributed by atoms with Crippen LogP contribution in [0.1, 0.15) is 31.2 Å². The summed E-state index contributed by atoms with van der Waals surface area (Å²) in [7, 11) is 4.86. The Morgan fingerprint density at radius 2 is 1.56 bits per heavy atom. The molecule has 3 nitrogen and oxygen atoms in total. The number of ether oxygens (including phenoxy) is 3. The molecular formula is C14H21ClO3. The molecule has 0 aliphatic carbocycles. The third-order valence-corrected chi connectivity index (χ3v) is 3.82. The second-order valence-corrected chi connectivity index (χ2v) is 4.70. The van der Waals surface area contributed by atoms with Crippen LogP contribution >= 0.6 is 11.6 Å². The molecule has 0 radical (unpaired) electrons. The van der Waals surface area contributed by atoms with E-state index in [1.165, 1.54) is 0 Å². The van der Waals surface area contributed by atoms with E-state index < -0.39 is 0 Å². The smallest absolute Gasteiger partial charge is 0.130 e. The summed E-state index contributed by atoms with van der Waals surface area (Å²) in [6.45, 7) is 4.23. The molecule has 18 heavy (non-hydrogen) atoms. The monoisotopic (exact) mass is 272 g/mol. The van der Waals surface area contributed by atoms with Crippen molar-refractivity contribution in [1.82, 2.24) is 0 Å². The Morgan fingerprint density at radius 3 is 1.89 bits per heavy atom. The fraction of sp³-hybridized carbons (Fsp3) is 0.571. The normalized spacial score (nSPS) is 13.9. The summed E-state index contributed by atoms with van der Waals surface area (Å²) in [5.74, 6) is 2.43. The summed E-state index contributed by atoms with van der Waals surface area (Å²) in [4.78, 5) is 0. The van der Waals surface area contributed by atoms with Crippen LogP contribution < -0.4 is 14.2 Å². The molecule has 0 saturated carbocycles. The van der Waals surface area contributed by atoms with Gasteiger partial charge in [-0.2, -0.15) is 0 Å². The Kier molecular flexibility index (Phi) is 5.60.